The Labute approximate surface area is 200 Å². The van der Waals surface area contributed by atoms with Gasteiger partial charge in [-0.05, 0) is 44.2 Å². The highest BCUT2D eigenvalue weighted by Crippen LogP contribution is 2.23. The van der Waals surface area contributed by atoms with Crippen LogP contribution in [-0.4, -0.2) is 67.9 Å². The van der Waals surface area contributed by atoms with Crippen LogP contribution in [0.4, 0.5) is 5.69 Å². The van der Waals surface area contributed by atoms with E-state index in [4.69, 9.17) is 0 Å². The van der Waals surface area contributed by atoms with Gasteiger partial charge < -0.3 is 14.4 Å². The monoisotopic (exact) mass is 482 g/mol. The number of rotatable bonds is 4. The Morgan fingerprint density at radius 1 is 1.06 bits per heavy atom. The zero-order valence-electron chi connectivity index (χ0n) is 20.1. The molecule has 1 saturated heterocycles. The van der Waals surface area contributed by atoms with Crippen molar-refractivity contribution in [2.24, 2.45) is 7.05 Å². The first kappa shape index (κ1) is 24.0. The van der Waals surface area contributed by atoms with Crippen molar-refractivity contribution < 1.29 is 13.2 Å². The van der Waals surface area contributed by atoms with Gasteiger partial charge in [0.2, 0.25) is 15.5 Å². The van der Waals surface area contributed by atoms with Gasteiger partial charge in [0.25, 0.3) is 5.91 Å². The predicted molar refractivity (Wildman–Crippen MR) is 134 cm³/mol. The second-order valence-corrected chi connectivity index (χ2v) is 11.2. The molecule has 0 unspecified atom stereocenters. The smallest absolute Gasteiger partial charge is 0.259 e. The highest BCUT2D eigenvalue weighted by Gasteiger charge is 2.29. The molecule has 0 saturated carbocycles. The summed E-state index contributed by atoms with van der Waals surface area (Å²) < 4.78 is 28.0. The normalized spacial score (nSPS) is 16.9. The van der Waals surface area contributed by atoms with Crippen molar-refractivity contribution in [3.05, 3.63) is 70.0 Å². The van der Waals surface area contributed by atoms with Gasteiger partial charge in [0, 0.05) is 64.1 Å². The Morgan fingerprint density at radius 2 is 1.74 bits per heavy atom. The first-order valence-electron chi connectivity index (χ1n) is 11.2. The Bertz CT molecular complexity index is 1410. The maximum absolute atomic E-state index is 13.4. The fourth-order valence-corrected chi connectivity index (χ4v) is 5.36. The van der Waals surface area contributed by atoms with E-state index < -0.39 is 15.5 Å². The molecule has 1 aromatic heterocycles. The summed E-state index contributed by atoms with van der Waals surface area (Å²) in [5.41, 5.74) is 2.46. The van der Waals surface area contributed by atoms with Gasteiger partial charge in [-0.1, -0.05) is 17.7 Å². The fraction of sp³-hybridized carbons (Fsp3) is 0.360. The molecule has 0 bridgehead atoms. The number of nitrogens with zero attached hydrogens (tertiary/aromatic N) is 4. The summed E-state index contributed by atoms with van der Waals surface area (Å²) >= 11 is 0. The summed E-state index contributed by atoms with van der Waals surface area (Å²) in [6, 6.07) is 12.8. The molecule has 0 radical (unpaired) electrons. The second-order valence-electron chi connectivity index (χ2n) is 9.08. The summed E-state index contributed by atoms with van der Waals surface area (Å²) in [5.74, 6) is -0.334. The number of carbonyl (C=O) groups excluding carboxylic acids is 1. The van der Waals surface area contributed by atoms with E-state index in [1.807, 2.05) is 6.92 Å². The second kappa shape index (κ2) is 8.88. The molecule has 3 aromatic rings. The molecule has 0 spiro atoms. The van der Waals surface area contributed by atoms with Gasteiger partial charge >= 0.3 is 0 Å². The Balaban J connectivity index is 1.66. The lowest BCUT2D eigenvalue weighted by Crippen LogP contribution is -2.54. The largest absolute Gasteiger partial charge is 0.365 e. The molecule has 2 heterocycles. The molecule has 1 aliphatic heterocycles. The predicted octanol–water partition coefficient (Wildman–Crippen LogP) is 2.45. The summed E-state index contributed by atoms with van der Waals surface area (Å²) in [5, 5.41) is 0.211. The van der Waals surface area contributed by atoms with E-state index >= 15 is 0 Å². The summed E-state index contributed by atoms with van der Waals surface area (Å²) in [4.78, 5) is 30.7. The topological polar surface area (TPSA) is 82.9 Å². The van der Waals surface area contributed by atoms with Gasteiger partial charge in [-0.3, -0.25) is 9.59 Å². The molecule has 1 amide bonds. The first-order valence-corrected chi connectivity index (χ1v) is 12.6. The van der Waals surface area contributed by atoms with Crippen molar-refractivity contribution in [1.82, 2.24) is 13.8 Å². The van der Waals surface area contributed by atoms with E-state index in [1.54, 1.807) is 28.8 Å². The Morgan fingerprint density at radius 3 is 2.35 bits per heavy atom. The lowest BCUT2D eigenvalue weighted by molar-refractivity contribution is 0.0724. The molecular weight excluding hydrogens is 452 g/mol. The summed E-state index contributed by atoms with van der Waals surface area (Å²) in [6.07, 6.45) is 1.55. The third-order valence-corrected chi connectivity index (χ3v) is 8.26. The van der Waals surface area contributed by atoms with Gasteiger partial charge in [-0.2, -0.15) is 0 Å². The third-order valence-electron chi connectivity index (χ3n) is 6.45. The van der Waals surface area contributed by atoms with E-state index in [9.17, 15) is 18.0 Å². The van der Waals surface area contributed by atoms with Gasteiger partial charge in [0.1, 0.15) is 5.56 Å². The molecule has 34 heavy (non-hydrogen) atoms. The first-order chi connectivity index (χ1) is 16.0. The van der Waals surface area contributed by atoms with Crippen LogP contribution in [0.15, 0.2) is 58.4 Å². The van der Waals surface area contributed by atoms with E-state index in [-0.39, 0.29) is 27.8 Å². The lowest BCUT2D eigenvalue weighted by atomic mass is 10.1. The number of aromatic nitrogens is 1. The number of fused-ring (bicyclic) bond motifs is 1. The number of aryl methyl sites for hydroxylation is 2. The standard InChI is InChI=1S/C25H30N4O4S/c1-17-6-8-19(9-7-17)29-13-12-28(15-18(29)2)25(31)22-16-27(5)23-11-10-20(14-21(23)24(22)30)34(32,33)26(3)4/h6-11,14,16,18H,12-13,15H2,1-5H3/t18-/m1/s1. The van der Waals surface area contributed by atoms with Gasteiger partial charge in [-0.15, -0.1) is 0 Å². The van der Waals surface area contributed by atoms with Gasteiger partial charge in [0.05, 0.1) is 10.4 Å². The van der Waals surface area contributed by atoms with Crippen molar-refractivity contribution in [1.29, 1.82) is 0 Å². The van der Waals surface area contributed by atoms with Crippen molar-refractivity contribution in [2.75, 3.05) is 38.6 Å². The molecule has 9 heteroatoms. The van der Waals surface area contributed by atoms with Crippen LogP contribution in [-0.2, 0) is 17.1 Å². The minimum Gasteiger partial charge on any atom is -0.365 e. The SMILES string of the molecule is Cc1ccc(N2CCN(C(=O)c3cn(C)c4ccc(S(=O)(=O)N(C)C)cc4c3=O)C[C@H]2C)cc1. The van der Waals surface area contributed by atoms with Crippen molar-refractivity contribution >= 4 is 32.5 Å². The zero-order chi connectivity index (χ0) is 24.8. The number of hydrogen-bond acceptors (Lipinski definition) is 5. The minimum atomic E-state index is -3.71. The van der Waals surface area contributed by atoms with Crippen LogP contribution in [0.25, 0.3) is 10.9 Å². The maximum Gasteiger partial charge on any atom is 0.259 e. The lowest BCUT2D eigenvalue weighted by Gasteiger charge is -2.41. The zero-order valence-corrected chi connectivity index (χ0v) is 21.0. The Hall–Kier alpha value is -3.17. The highest BCUT2D eigenvalue weighted by atomic mass is 32.2. The van der Waals surface area contributed by atoms with Crippen molar-refractivity contribution in [2.45, 2.75) is 24.8 Å². The maximum atomic E-state index is 13.4. The van der Waals surface area contributed by atoms with Crippen LogP contribution >= 0.6 is 0 Å². The molecule has 2 aromatic carbocycles. The highest BCUT2D eigenvalue weighted by molar-refractivity contribution is 7.89. The van der Waals surface area contributed by atoms with Crippen LogP contribution < -0.4 is 10.3 Å². The average Bonchev–Trinajstić information content (AvgIpc) is 2.81. The Kier molecular flexibility index (Phi) is 6.26. The minimum absolute atomic E-state index is 0.0204. The number of anilines is 1. The number of pyridine rings is 1. The van der Waals surface area contributed by atoms with E-state index in [2.05, 4.69) is 36.1 Å². The quantitative estimate of drug-likeness (QED) is 0.571. The average molecular weight is 483 g/mol. The molecule has 0 aliphatic carbocycles. The van der Waals surface area contributed by atoms with E-state index in [0.717, 1.165) is 9.99 Å². The molecule has 1 fully saturated rings. The van der Waals surface area contributed by atoms with Crippen LogP contribution in [0.3, 0.4) is 0 Å². The van der Waals surface area contributed by atoms with Gasteiger partial charge in [-0.25, -0.2) is 12.7 Å². The third kappa shape index (κ3) is 4.21. The summed E-state index contributed by atoms with van der Waals surface area (Å²) in [7, 11) is 0.916. The van der Waals surface area contributed by atoms with Crippen molar-refractivity contribution in [3.8, 4) is 0 Å². The number of sulfonamides is 1. The number of amides is 1. The summed E-state index contributed by atoms with van der Waals surface area (Å²) in [6.45, 7) is 5.76. The van der Waals surface area contributed by atoms with Crippen LogP contribution in [0.2, 0.25) is 0 Å². The van der Waals surface area contributed by atoms with Crippen molar-refractivity contribution in [3.63, 3.8) is 0 Å². The fourth-order valence-electron chi connectivity index (χ4n) is 4.43. The number of carbonyl (C=O) groups is 1. The molecule has 0 N–H and O–H groups in total. The molecule has 4 rings (SSSR count). The van der Waals surface area contributed by atoms with Crippen LogP contribution in [0.5, 0.6) is 0 Å². The van der Waals surface area contributed by atoms with Crippen LogP contribution in [0, 0.1) is 6.92 Å². The van der Waals surface area contributed by atoms with Crippen LogP contribution in [0.1, 0.15) is 22.8 Å². The molecular formula is C25H30N4O4S. The van der Waals surface area contributed by atoms with Gasteiger partial charge in [0.15, 0.2) is 0 Å². The molecule has 180 valence electrons. The molecule has 1 atom stereocenters. The molecule has 1 aliphatic rings. The number of hydrogen-bond donors (Lipinski definition) is 0. The molecule has 8 nitrogen and oxygen atoms in total. The van der Waals surface area contributed by atoms with E-state index in [1.165, 1.54) is 31.8 Å². The van der Waals surface area contributed by atoms with E-state index in [0.29, 0.717) is 25.2 Å². The number of benzene rings is 2. The number of piperazine rings is 1.